The maximum Gasteiger partial charge on any atom is 0.112 e. The summed E-state index contributed by atoms with van der Waals surface area (Å²) in [7, 11) is 0. The first-order valence-corrected chi connectivity index (χ1v) is 10.1. The fourth-order valence-electron chi connectivity index (χ4n) is 3.56. The molecule has 2 aromatic heterocycles. The fraction of sp³-hybridized carbons (Fsp3) is 0.364. The van der Waals surface area contributed by atoms with E-state index in [2.05, 4.69) is 35.3 Å². The van der Waals surface area contributed by atoms with E-state index < -0.39 is 0 Å². The third kappa shape index (κ3) is 4.61. The van der Waals surface area contributed by atoms with Gasteiger partial charge in [-0.25, -0.2) is 0 Å². The summed E-state index contributed by atoms with van der Waals surface area (Å²) in [4.78, 5) is 7.28. The van der Waals surface area contributed by atoms with E-state index >= 15 is 0 Å². The molecule has 6 heteroatoms. The van der Waals surface area contributed by atoms with Gasteiger partial charge >= 0.3 is 0 Å². The molecular formula is C22H25ClN4O. The lowest BCUT2D eigenvalue weighted by Crippen LogP contribution is -2.38. The van der Waals surface area contributed by atoms with Crippen molar-refractivity contribution in [3.63, 3.8) is 0 Å². The minimum atomic E-state index is -0.0128. The molecule has 1 aliphatic heterocycles. The SMILES string of the molecule is CCn1cc(CN2CCO[C@H](c3cccc(Cc4ccccc4Cl)n3)C2)cn1. The first kappa shape index (κ1) is 19.1. The molecule has 1 saturated heterocycles. The van der Waals surface area contributed by atoms with E-state index in [1.165, 1.54) is 5.56 Å². The summed E-state index contributed by atoms with van der Waals surface area (Å²) < 4.78 is 8.00. The molecule has 5 nitrogen and oxygen atoms in total. The number of hydrogen-bond donors (Lipinski definition) is 0. The monoisotopic (exact) mass is 396 g/mol. The summed E-state index contributed by atoms with van der Waals surface area (Å²) in [6.45, 7) is 6.35. The van der Waals surface area contributed by atoms with Crippen LogP contribution in [0, 0.1) is 0 Å². The Balaban J connectivity index is 1.44. The highest BCUT2D eigenvalue weighted by Crippen LogP contribution is 2.24. The van der Waals surface area contributed by atoms with Crippen LogP contribution in [-0.2, 0) is 24.2 Å². The van der Waals surface area contributed by atoms with Crippen LogP contribution >= 0.6 is 11.6 Å². The zero-order chi connectivity index (χ0) is 19.3. The van der Waals surface area contributed by atoms with Crippen LogP contribution in [0.3, 0.4) is 0 Å². The van der Waals surface area contributed by atoms with Gasteiger partial charge in [0.15, 0.2) is 0 Å². The maximum absolute atomic E-state index is 6.30. The first-order chi connectivity index (χ1) is 13.7. The van der Waals surface area contributed by atoms with Gasteiger partial charge in [0.05, 0.1) is 18.5 Å². The molecule has 3 aromatic rings. The van der Waals surface area contributed by atoms with Crippen molar-refractivity contribution in [2.75, 3.05) is 19.7 Å². The molecule has 0 radical (unpaired) electrons. The third-order valence-electron chi connectivity index (χ3n) is 5.06. The molecule has 0 amide bonds. The number of pyridine rings is 1. The topological polar surface area (TPSA) is 43.2 Å². The minimum absolute atomic E-state index is 0.0128. The Kier molecular flexibility index (Phi) is 6.05. The summed E-state index contributed by atoms with van der Waals surface area (Å²) in [6.07, 6.45) is 4.78. The Hall–Kier alpha value is -2.21. The standard InChI is InChI=1S/C22H25ClN4O/c1-2-27-15-17(13-24-27)14-26-10-11-28-22(16-26)21-9-5-7-19(25-21)12-18-6-3-4-8-20(18)23/h3-9,13,15,22H,2,10-12,14,16H2,1H3/t22-/m0/s1. The van der Waals surface area contributed by atoms with Crippen molar-refractivity contribution in [3.05, 3.63) is 82.4 Å². The highest BCUT2D eigenvalue weighted by molar-refractivity contribution is 6.31. The van der Waals surface area contributed by atoms with Gasteiger partial charge in [0, 0.05) is 55.1 Å². The Morgan fingerprint density at radius 3 is 2.89 bits per heavy atom. The van der Waals surface area contributed by atoms with E-state index in [1.54, 1.807) is 0 Å². The van der Waals surface area contributed by atoms with E-state index in [4.69, 9.17) is 21.3 Å². The third-order valence-corrected chi connectivity index (χ3v) is 5.42. The summed E-state index contributed by atoms with van der Waals surface area (Å²) in [5.41, 5.74) is 4.32. The van der Waals surface area contributed by atoms with Crippen LogP contribution < -0.4 is 0 Å². The Labute approximate surface area is 170 Å². The van der Waals surface area contributed by atoms with Gasteiger partial charge in [0.1, 0.15) is 6.10 Å². The number of benzene rings is 1. The van der Waals surface area contributed by atoms with Crippen LogP contribution in [0.1, 0.15) is 35.5 Å². The largest absolute Gasteiger partial charge is 0.369 e. The second-order valence-electron chi connectivity index (χ2n) is 7.12. The molecule has 0 unspecified atom stereocenters. The van der Waals surface area contributed by atoms with Gasteiger partial charge in [0.25, 0.3) is 0 Å². The molecule has 1 aromatic carbocycles. The van der Waals surface area contributed by atoms with Crippen molar-refractivity contribution in [2.24, 2.45) is 0 Å². The van der Waals surface area contributed by atoms with E-state index in [1.807, 2.05) is 41.2 Å². The molecule has 0 spiro atoms. The summed E-state index contributed by atoms with van der Waals surface area (Å²) in [5.74, 6) is 0. The second kappa shape index (κ2) is 8.86. The summed E-state index contributed by atoms with van der Waals surface area (Å²) in [6, 6.07) is 14.1. The number of morpholine rings is 1. The number of nitrogens with zero attached hydrogens (tertiary/aromatic N) is 4. The molecule has 4 rings (SSSR count). The predicted octanol–water partition coefficient (Wildman–Crippen LogP) is 4.12. The molecule has 0 bridgehead atoms. The van der Waals surface area contributed by atoms with Crippen LogP contribution in [0.5, 0.6) is 0 Å². The zero-order valence-electron chi connectivity index (χ0n) is 16.1. The van der Waals surface area contributed by atoms with E-state index in [9.17, 15) is 0 Å². The van der Waals surface area contributed by atoms with Gasteiger partial charge < -0.3 is 4.74 Å². The first-order valence-electron chi connectivity index (χ1n) is 9.76. The molecule has 1 fully saturated rings. The van der Waals surface area contributed by atoms with Crippen molar-refractivity contribution in [1.82, 2.24) is 19.7 Å². The Morgan fingerprint density at radius 2 is 2.07 bits per heavy atom. The quantitative estimate of drug-likeness (QED) is 0.628. The second-order valence-corrected chi connectivity index (χ2v) is 7.53. The fourth-order valence-corrected chi connectivity index (χ4v) is 3.76. The van der Waals surface area contributed by atoms with Crippen molar-refractivity contribution < 1.29 is 4.74 Å². The zero-order valence-corrected chi connectivity index (χ0v) is 16.8. The van der Waals surface area contributed by atoms with Gasteiger partial charge in [-0.2, -0.15) is 5.10 Å². The smallest absolute Gasteiger partial charge is 0.112 e. The lowest BCUT2D eigenvalue weighted by molar-refractivity contribution is -0.0350. The van der Waals surface area contributed by atoms with Crippen molar-refractivity contribution >= 4 is 11.6 Å². The molecule has 0 aliphatic carbocycles. The van der Waals surface area contributed by atoms with Gasteiger partial charge in [-0.1, -0.05) is 35.9 Å². The molecule has 28 heavy (non-hydrogen) atoms. The van der Waals surface area contributed by atoms with Gasteiger partial charge in [-0.05, 0) is 30.7 Å². The lowest BCUT2D eigenvalue weighted by atomic mass is 10.1. The highest BCUT2D eigenvalue weighted by atomic mass is 35.5. The van der Waals surface area contributed by atoms with Crippen molar-refractivity contribution in [2.45, 2.75) is 32.5 Å². The van der Waals surface area contributed by atoms with Crippen LogP contribution in [0.25, 0.3) is 0 Å². The number of rotatable bonds is 6. The lowest BCUT2D eigenvalue weighted by Gasteiger charge is -2.32. The number of ether oxygens (including phenoxy) is 1. The highest BCUT2D eigenvalue weighted by Gasteiger charge is 2.23. The summed E-state index contributed by atoms with van der Waals surface area (Å²) in [5, 5.41) is 5.15. The van der Waals surface area contributed by atoms with Crippen LogP contribution in [0.2, 0.25) is 5.02 Å². The van der Waals surface area contributed by atoms with Gasteiger partial charge in [-0.3, -0.25) is 14.6 Å². The number of halogens is 1. The molecule has 1 atom stereocenters. The predicted molar refractivity (Wildman–Crippen MR) is 110 cm³/mol. The normalized spacial score (nSPS) is 17.7. The number of aromatic nitrogens is 3. The average molecular weight is 397 g/mol. The van der Waals surface area contributed by atoms with E-state index in [-0.39, 0.29) is 6.10 Å². The minimum Gasteiger partial charge on any atom is -0.369 e. The van der Waals surface area contributed by atoms with Crippen LogP contribution in [-0.4, -0.2) is 39.4 Å². The Bertz CT molecular complexity index is 926. The average Bonchev–Trinajstić information content (AvgIpc) is 3.18. The summed E-state index contributed by atoms with van der Waals surface area (Å²) >= 11 is 6.30. The molecular weight excluding hydrogens is 372 g/mol. The number of hydrogen-bond acceptors (Lipinski definition) is 4. The van der Waals surface area contributed by atoms with E-state index in [0.29, 0.717) is 6.61 Å². The van der Waals surface area contributed by atoms with Gasteiger partial charge in [-0.15, -0.1) is 0 Å². The Morgan fingerprint density at radius 1 is 1.18 bits per heavy atom. The van der Waals surface area contributed by atoms with Crippen molar-refractivity contribution in [3.8, 4) is 0 Å². The number of aryl methyl sites for hydroxylation is 1. The molecule has 1 aliphatic rings. The van der Waals surface area contributed by atoms with Crippen LogP contribution in [0.15, 0.2) is 54.9 Å². The van der Waals surface area contributed by atoms with Gasteiger partial charge in [0.2, 0.25) is 0 Å². The molecule has 0 saturated carbocycles. The van der Waals surface area contributed by atoms with Crippen molar-refractivity contribution in [1.29, 1.82) is 0 Å². The van der Waals surface area contributed by atoms with Crippen LogP contribution in [0.4, 0.5) is 0 Å². The molecule has 3 heterocycles. The molecule has 146 valence electrons. The molecule has 0 N–H and O–H groups in total. The maximum atomic E-state index is 6.30. The van der Waals surface area contributed by atoms with E-state index in [0.717, 1.165) is 54.6 Å².